The Labute approximate surface area is 164 Å². The number of pyridine rings is 1. The first-order valence-corrected chi connectivity index (χ1v) is 10.9. The summed E-state index contributed by atoms with van der Waals surface area (Å²) in [6.45, 7) is 0.453. The third-order valence-electron chi connectivity index (χ3n) is 4.90. The SMILES string of the molecule is O=C(CCS(=O)(=O)N1CCCc2ccccc21)Nc1cccc2cccnc12. The molecule has 0 spiro atoms. The van der Waals surface area contributed by atoms with E-state index in [0.29, 0.717) is 17.7 Å². The van der Waals surface area contributed by atoms with Crippen molar-refractivity contribution in [2.75, 3.05) is 21.9 Å². The number of para-hydroxylation sites is 2. The molecule has 0 aliphatic carbocycles. The predicted molar refractivity (Wildman–Crippen MR) is 111 cm³/mol. The Kier molecular flexibility index (Phi) is 5.00. The lowest BCUT2D eigenvalue weighted by Gasteiger charge is -2.30. The highest BCUT2D eigenvalue weighted by Crippen LogP contribution is 2.29. The molecule has 1 aliphatic rings. The predicted octanol–water partition coefficient (Wildman–Crippen LogP) is 3.35. The molecule has 2 aromatic carbocycles. The number of carbonyl (C=O) groups is 1. The zero-order chi connectivity index (χ0) is 19.6. The summed E-state index contributed by atoms with van der Waals surface area (Å²) < 4.78 is 27.1. The number of hydrogen-bond acceptors (Lipinski definition) is 4. The smallest absolute Gasteiger partial charge is 0.235 e. The van der Waals surface area contributed by atoms with Gasteiger partial charge in [-0.15, -0.1) is 0 Å². The molecule has 7 heteroatoms. The maximum absolute atomic E-state index is 12.9. The average Bonchev–Trinajstić information content (AvgIpc) is 2.72. The normalized spacial score (nSPS) is 13.9. The topological polar surface area (TPSA) is 79.4 Å². The van der Waals surface area contributed by atoms with E-state index < -0.39 is 10.0 Å². The van der Waals surface area contributed by atoms with Crippen LogP contribution in [0.1, 0.15) is 18.4 Å². The maximum Gasteiger partial charge on any atom is 0.235 e. The molecule has 0 radical (unpaired) electrons. The van der Waals surface area contributed by atoms with Gasteiger partial charge >= 0.3 is 0 Å². The van der Waals surface area contributed by atoms with Gasteiger partial charge in [0.25, 0.3) is 0 Å². The average molecular weight is 395 g/mol. The third-order valence-corrected chi connectivity index (χ3v) is 6.67. The van der Waals surface area contributed by atoms with Gasteiger partial charge in [0.05, 0.1) is 22.6 Å². The lowest BCUT2D eigenvalue weighted by atomic mass is 10.0. The molecule has 1 aliphatic heterocycles. The minimum Gasteiger partial charge on any atom is -0.324 e. The van der Waals surface area contributed by atoms with Crippen molar-refractivity contribution in [1.29, 1.82) is 0 Å². The molecule has 0 unspecified atom stereocenters. The second kappa shape index (κ2) is 7.59. The number of carbonyl (C=O) groups excluding carboxylic acids is 1. The Morgan fingerprint density at radius 1 is 1.07 bits per heavy atom. The quantitative estimate of drug-likeness (QED) is 0.719. The van der Waals surface area contributed by atoms with Gasteiger partial charge in [-0.1, -0.05) is 36.4 Å². The van der Waals surface area contributed by atoms with Gasteiger partial charge in [-0.3, -0.25) is 14.1 Å². The maximum atomic E-state index is 12.9. The number of benzene rings is 2. The number of sulfonamides is 1. The van der Waals surface area contributed by atoms with E-state index >= 15 is 0 Å². The Hall–Kier alpha value is -2.93. The van der Waals surface area contributed by atoms with Gasteiger partial charge in [-0.2, -0.15) is 0 Å². The second-order valence-electron chi connectivity index (χ2n) is 6.80. The molecule has 6 nitrogen and oxygen atoms in total. The number of anilines is 2. The number of hydrogen-bond donors (Lipinski definition) is 1. The Balaban J connectivity index is 1.46. The van der Waals surface area contributed by atoms with Crippen LogP contribution in [0, 0.1) is 0 Å². The van der Waals surface area contributed by atoms with E-state index in [2.05, 4.69) is 10.3 Å². The fourth-order valence-corrected chi connectivity index (χ4v) is 5.09. The molecule has 28 heavy (non-hydrogen) atoms. The number of nitrogens with one attached hydrogen (secondary N) is 1. The fraction of sp³-hybridized carbons (Fsp3) is 0.238. The molecular weight excluding hydrogens is 374 g/mol. The van der Waals surface area contributed by atoms with Gasteiger partial charge in [0, 0.05) is 24.5 Å². The molecule has 0 saturated carbocycles. The number of aryl methyl sites for hydroxylation is 1. The summed E-state index contributed by atoms with van der Waals surface area (Å²) in [5.74, 6) is -0.572. The lowest BCUT2D eigenvalue weighted by Crippen LogP contribution is -2.37. The molecule has 0 fully saturated rings. The van der Waals surface area contributed by atoms with E-state index in [-0.39, 0.29) is 18.1 Å². The zero-order valence-corrected chi connectivity index (χ0v) is 16.2. The summed E-state index contributed by atoms with van der Waals surface area (Å²) in [6.07, 6.45) is 3.21. The van der Waals surface area contributed by atoms with E-state index in [9.17, 15) is 13.2 Å². The van der Waals surface area contributed by atoms with Crippen LogP contribution >= 0.6 is 0 Å². The van der Waals surface area contributed by atoms with Crippen molar-refractivity contribution in [3.05, 3.63) is 66.4 Å². The van der Waals surface area contributed by atoms with Crippen molar-refractivity contribution in [1.82, 2.24) is 4.98 Å². The van der Waals surface area contributed by atoms with Crippen molar-refractivity contribution in [3.63, 3.8) is 0 Å². The summed E-state index contributed by atoms with van der Waals surface area (Å²) in [4.78, 5) is 16.7. The van der Waals surface area contributed by atoms with Crippen molar-refractivity contribution < 1.29 is 13.2 Å². The summed E-state index contributed by atoms with van der Waals surface area (Å²) >= 11 is 0. The van der Waals surface area contributed by atoms with Crippen molar-refractivity contribution in [3.8, 4) is 0 Å². The zero-order valence-electron chi connectivity index (χ0n) is 15.3. The first-order valence-electron chi connectivity index (χ1n) is 9.26. The summed E-state index contributed by atoms with van der Waals surface area (Å²) in [5, 5.41) is 3.71. The molecule has 3 aromatic rings. The molecular formula is C21H21N3O3S. The van der Waals surface area contributed by atoms with E-state index in [0.717, 1.165) is 29.5 Å². The van der Waals surface area contributed by atoms with Crippen molar-refractivity contribution >= 4 is 38.2 Å². The summed E-state index contributed by atoms with van der Waals surface area (Å²) in [7, 11) is -3.57. The molecule has 144 valence electrons. The van der Waals surface area contributed by atoms with Crippen LogP contribution in [0.3, 0.4) is 0 Å². The highest BCUT2D eigenvalue weighted by atomic mass is 32.2. The number of nitrogens with zero attached hydrogens (tertiary/aromatic N) is 2. The molecule has 0 atom stereocenters. The molecule has 0 saturated heterocycles. The van der Waals surface area contributed by atoms with Crippen molar-refractivity contribution in [2.24, 2.45) is 0 Å². The number of fused-ring (bicyclic) bond motifs is 2. The summed E-state index contributed by atoms with van der Waals surface area (Å²) in [6, 6.07) is 16.8. The number of rotatable bonds is 5. The van der Waals surface area contributed by atoms with Crippen LogP contribution in [0.5, 0.6) is 0 Å². The van der Waals surface area contributed by atoms with E-state index in [1.165, 1.54) is 4.31 Å². The summed E-state index contributed by atoms with van der Waals surface area (Å²) in [5.41, 5.74) is 3.03. The van der Waals surface area contributed by atoms with Gasteiger partial charge < -0.3 is 5.32 Å². The molecule has 1 aromatic heterocycles. The number of aromatic nitrogens is 1. The Morgan fingerprint density at radius 3 is 2.79 bits per heavy atom. The van der Waals surface area contributed by atoms with Crippen LogP contribution in [0.2, 0.25) is 0 Å². The van der Waals surface area contributed by atoms with E-state index in [1.54, 1.807) is 12.3 Å². The van der Waals surface area contributed by atoms with Crippen LogP contribution in [0.15, 0.2) is 60.8 Å². The third kappa shape index (κ3) is 3.71. The van der Waals surface area contributed by atoms with E-state index in [1.807, 2.05) is 48.5 Å². The molecule has 2 heterocycles. The van der Waals surface area contributed by atoms with Crippen LogP contribution in [-0.4, -0.2) is 31.6 Å². The van der Waals surface area contributed by atoms with Gasteiger partial charge in [0.2, 0.25) is 15.9 Å². The standard InChI is InChI=1S/C21H21N3O3S/c25-20(23-18-10-3-7-17-8-4-13-22-21(17)18)12-15-28(26,27)24-14-5-9-16-6-1-2-11-19(16)24/h1-4,6-8,10-11,13H,5,9,12,14-15H2,(H,23,25). The van der Waals surface area contributed by atoms with Gasteiger partial charge in [0.15, 0.2) is 0 Å². The highest BCUT2D eigenvalue weighted by molar-refractivity contribution is 7.92. The van der Waals surface area contributed by atoms with Crippen LogP contribution in [0.25, 0.3) is 10.9 Å². The first kappa shape index (κ1) is 18.4. The highest BCUT2D eigenvalue weighted by Gasteiger charge is 2.27. The van der Waals surface area contributed by atoms with Gasteiger partial charge in [-0.25, -0.2) is 8.42 Å². The minimum atomic E-state index is -3.57. The largest absolute Gasteiger partial charge is 0.324 e. The fourth-order valence-electron chi connectivity index (χ4n) is 3.54. The van der Waals surface area contributed by atoms with Crippen LogP contribution in [0.4, 0.5) is 11.4 Å². The molecule has 0 bridgehead atoms. The number of amides is 1. The van der Waals surface area contributed by atoms with Gasteiger partial charge in [-0.05, 0) is 36.6 Å². The van der Waals surface area contributed by atoms with Crippen LogP contribution in [-0.2, 0) is 21.2 Å². The van der Waals surface area contributed by atoms with Gasteiger partial charge in [0.1, 0.15) is 0 Å². The van der Waals surface area contributed by atoms with Crippen LogP contribution < -0.4 is 9.62 Å². The molecule has 1 N–H and O–H groups in total. The Bertz CT molecular complexity index is 1120. The minimum absolute atomic E-state index is 0.107. The monoisotopic (exact) mass is 395 g/mol. The lowest BCUT2D eigenvalue weighted by molar-refractivity contribution is -0.115. The first-order chi connectivity index (χ1) is 13.5. The second-order valence-corrected chi connectivity index (χ2v) is 8.81. The Morgan fingerprint density at radius 2 is 1.89 bits per heavy atom. The molecule has 4 rings (SSSR count). The van der Waals surface area contributed by atoms with Crippen molar-refractivity contribution in [2.45, 2.75) is 19.3 Å². The molecule has 1 amide bonds. The van der Waals surface area contributed by atoms with E-state index in [4.69, 9.17) is 0 Å².